The Balaban J connectivity index is 2.11. The molecule has 1 saturated heterocycles. The molecule has 0 unspecified atom stereocenters. The first-order valence-corrected chi connectivity index (χ1v) is 10.9. The number of imide groups is 2. The zero-order valence-corrected chi connectivity index (χ0v) is 19.5. The maximum atomic E-state index is 13.3. The number of hydrogen-bond donors (Lipinski definition) is 1. The van der Waals surface area contributed by atoms with E-state index in [1.165, 1.54) is 6.08 Å². The predicted octanol–water partition coefficient (Wildman–Crippen LogP) is 4.84. The quantitative estimate of drug-likeness (QED) is 0.340. The molecule has 2 aromatic rings. The number of anilines is 1. The lowest BCUT2D eigenvalue weighted by Crippen LogP contribution is -2.54. The van der Waals surface area contributed by atoms with Crippen LogP contribution in [0, 0.1) is 6.92 Å². The first kappa shape index (κ1) is 24.1. The topological polar surface area (TPSA) is 84.9 Å². The second kappa shape index (κ2) is 10.4. The molecule has 0 saturated carbocycles. The molecule has 1 heterocycles. The van der Waals surface area contributed by atoms with Crippen molar-refractivity contribution >= 4 is 41.2 Å². The Morgan fingerprint density at radius 2 is 1.85 bits per heavy atom. The highest BCUT2D eigenvalue weighted by molar-refractivity contribution is 6.40. The van der Waals surface area contributed by atoms with Crippen molar-refractivity contribution < 1.29 is 23.9 Å². The zero-order chi connectivity index (χ0) is 24.1. The summed E-state index contributed by atoms with van der Waals surface area (Å²) in [6.07, 6.45) is 3.66. The van der Waals surface area contributed by atoms with Crippen molar-refractivity contribution in [3.8, 4) is 11.5 Å². The van der Waals surface area contributed by atoms with Crippen LogP contribution >= 0.6 is 11.6 Å². The van der Waals surface area contributed by atoms with Gasteiger partial charge in [-0.15, -0.1) is 6.58 Å². The molecule has 0 radical (unpaired) electrons. The summed E-state index contributed by atoms with van der Waals surface area (Å²) in [7, 11) is 0. The Hall–Kier alpha value is -3.58. The standard InChI is InChI=1S/C25H25ClN2O5/c1-5-9-17-12-16(14-21(32-6-2)22(17)33-7-3)13-18-23(29)27-25(31)28(24(18)30)20-11-8-10-19(26)15(20)4/h5,8,10-14H,1,6-7,9H2,2-4H3,(H,27,29,31)/b18-13+. The fourth-order valence-electron chi connectivity index (χ4n) is 3.53. The van der Waals surface area contributed by atoms with Gasteiger partial charge in [0.15, 0.2) is 11.5 Å². The van der Waals surface area contributed by atoms with Crippen molar-refractivity contribution in [3.63, 3.8) is 0 Å². The van der Waals surface area contributed by atoms with Gasteiger partial charge < -0.3 is 9.47 Å². The van der Waals surface area contributed by atoms with E-state index >= 15 is 0 Å². The molecule has 172 valence electrons. The summed E-state index contributed by atoms with van der Waals surface area (Å²) >= 11 is 6.17. The number of nitrogens with zero attached hydrogens (tertiary/aromatic N) is 1. The number of amides is 4. The molecule has 8 heteroatoms. The average molecular weight is 469 g/mol. The Bertz CT molecular complexity index is 1160. The van der Waals surface area contributed by atoms with E-state index in [1.54, 1.807) is 43.3 Å². The second-order valence-electron chi connectivity index (χ2n) is 7.21. The number of halogens is 1. The highest BCUT2D eigenvalue weighted by atomic mass is 35.5. The summed E-state index contributed by atoms with van der Waals surface area (Å²) < 4.78 is 11.5. The van der Waals surface area contributed by atoms with Gasteiger partial charge in [-0.25, -0.2) is 9.69 Å². The van der Waals surface area contributed by atoms with Crippen LogP contribution in [0.15, 0.2) is 48.6 Å². The normalized spacial score (nSPS) is 15.0. The zero-order valence-electron chi connectivity index (χ0n) is 18.7. The van der Waals surface area contributed by atoms with E-state index in [9.17, 15) is 14.4 Å². The Labute approximate surface area is 197 Å². The summed E-state index contributed by atoms with van der Waals surface area (Å²) in [5.41, 5.74) is 2.01. The third-order valence-electron chi connectivity index (χ3n) is 5.00. The van der Waals surface area contributed by atoms with Crippen LogP contribution in [0.25, 0.3) is 6.08 Å². The van der Waals surface area contributed by atoms with Gasteiger partial charge in [-0.3, -0.25) is 14.9 Å². The van der Waals surface area contributed by atoms with E-state index < -0.39 is 17.8 Å². The summed E-state index contributed by atoms with van der Waals surface area (Å²) in [5, 5.41) is 2.63. The summed E-state index contributed by atoms with van der Waals surface area (Å²) in [6, 6.07) is 7.55. The van der Waals surface area contributed by atoms with Gasteiger partial charge in [0.05, 0.1) is 18.9 Å². The van der Waals surface area contributed by atoms with Crippen LogP contribution in [0.4, 0.5) is 10.5 Å². The highest BCUT2D eigenvalue weighted by Gasteiger charge is 2.37. The first-order chi connectivity index (χ1) is 15.8. The van der Waals surface area contributed by atoms with Crippen LogP contribution in [0.3, 0.4) is 0 Å². The van der Waals surface area contributed by atoms with Crippen LogP contribution in [0.5, 0.6) is 11.5 Å². The number of rotatable bonds is 8. The number of carbonyl (C=O) groups is 3. The SMILES string of the molecule is C=CCc1cc(/C=C2\C(=O)NC(=O)N(c3cccc(Cl)c3C)C2=O)cc(OCC)c1OCC. The van der Waals surface area contributed by atoms with Crippen LogP contribution in [-0.2, 0) is 16.0 Å². The minimum absolute atomic E-state index is 0.190. The molecule has 1 N–H and O–H groups in total. The molecule has 7 nitrogen and oxygen atoms in total. The van der Waals surface area contributed by atoms with E-state index in [1.807, 2.05) is 13.8 Å². The van der Waals surface area contributed by atoms with Crippen molar-refractivity contribution in [1.29, 1.82) is 0 Å². The largest absolute Gasteiger partial charge is 0.490 e. The summed E-state index contributed by atoms with van der Waals surface area (Å²) in [5.74, 6) is -0.440. The molecule has 1 aliphatic rings. The van der Waals surface area contributed by atoms with Gasteiger partial charge >= 0.3 is 6.03 Å². The molecular formula is C25H25ClN2O5. The molecule has 0 aliphatic carbocycles. The number of barbiturate groups is 1. The van der Waals surface area contributed by atoms with Crippen molar-refractivity contribution in [2.75, 3.05) is 18.1 Å². The van der Waals surface area contributed by atoms with Crippen molar-refractivity contribution in [2.45, 2.75) is 27.2 Å². The van der Waals surface area contributed by atoms with E-state index in [4.69, 9.17) is 21.1 Å². The van der Waals surface area contributed by atoms with Crippen molar-refractivity contribution in [3.05, 3.63) is 70.3 Å². The van der Waals surface area contributed by atoms with Crippen LogP contribution < -0.4 is 19.7 Å². The van der Waals surface area contributed by atoms with Crippen molar-refractivity contribution in [1.82, 2.24) is 5.32 Å². The number of hydrogen-bond acceptors (Lipinski definition) is 5. The molecule has 1 aliphatic heterocycles. The molecule has 0 atom stereocenters. The average Bonchev–Trinajstić information content (AvgIpc) is 2.76. The smallest absolute Gasteiger partial charge is 0.335 e. The molecule has 0 spiro atoms. The van der Waals surface area contributed by atoms with Crippen LogP contribution in [0.1, 0.15) is 30.5 Å². The number of nitrogens with one attached hydrogen (secondary N) is 1. The number of urea groups is 1. The van der Waals surface area contributed by atoms with Gasteiger partial charge in [-0.05, 0) is 68.7 Å². The second-order valence-corrected chi connectivity index (χ2v) is 7.62. The van der Waals surface area contributed by atoms with Gasteiger partial charge in [0.2, 0.25) is 0 Å². The molecule has 2 aromatic carbocycles. The molecule has 33 heavy (non-hydrogen) atoms. The molecule has 4 amide bonds. The first-order valence-electron chi connectivity index (χ1n) is 10.5. The Morgan fingerprint density at radius 3 is 2.52 bits per heavy atom. The lowest BCUT2D eigenvalue weighted by Gasteiger charge is -2.27. The maximum absolute atomic E-state index is 13.3. The fraction of sp³-hybridized carbons (Fsp3) is 0.240. The Morgan fingerprint density at radius 1 is 1.12 bits per heavy atom. The van der Waals surface area contributed by atoms with E-state index in [2.05, 4.69) is 11.9 Å². The molecule has 1 fully saturated rings. The third-order valence-corrected chi connectivity index (χ3v) is 5.41. The summed E-state index contributed by atoms with van der Waals surface area (Å²) in [4.78, 5) is 39.3. The monoisotopic (exact) mass is 468 g/mol. The van der Waals surface area contributed by atoms with Gasteiger partial charge in [-0.1, -0.05) is 23.7 Å². The number of ether oxygens (including phenoxy) is 2. The van der Waals surface area contributed by atoms with Gasteiger partial charge in [-0.2, -0.15) is 0 Å². The lowest BCUT2D eigenvalue weighted by molar-refractivity contribution is -0.122. The highest BCUT2D eigenvalue weighted by Crippen LogP contribution is 2.35. The molecule has 3 rings (SSSR count). The van der Waals surface area contributed by atoms with E-state index in [0.717, 1.165) is 10.5 Å². The molecular weight excluding hydrogens is 444 g/mol. The summed E-state index contributed by atoms with van der Waals surface area (Å²) in [6.45, 7) is 10.1. The Kier molecular flexibility index (Phi) is 7.55. The lowest BCUT2D eigenvalue weighted by atomic mass is 10.0. The van der Waals surface area contributed by atoms with Crippen LogP contribution in [0.2, 0.25) is 5.02 Å². The number of benzene rings is 2. The van der Waals surface area contributed by atoms with Crippen LogP contribution in [-0.4, -0.2) is 31.1 Å². The fourth-order valence-corrected chi connectivity index (χ4v) is 3.70. The predicted molar refractivity (Wildman–Crippen MR) is 128 cm³/mol. The molecule has 0 aromatic heterocycles. The number of carbonyl (C=O) groups excluding carboxylic acids is 3. The maximum Gasteiger partial charge on any atom is 0.335 e. The minimum Gasteiger partial charge on any atom is -0.490 e. The number of allylic oxidation sites excluding steroid dienone is 1. The van der Waals surface area contributed by atoms with E-state index in [0.29, 0.717) is 53.0 Å². The van der Waals surface area contributed by atoms with Gasteiger partial charge in [0.25, 0.3) is 11.8 Å². The molecule has 0 bridgehead atoms. The minimum atomic E-state index is -0.832. The third kappa shape index (κ3) is 4.93. The van der Waals surface area contributed by atoms with Gasteiger partial charge in [0.1, 0.15) is 5.57 Å². The van der Waals surface area contributed by atoms with E-state index in [-0.39, 0.29) is 5.57 Å². The van der Waals surface area contributed by atoms with Gasteiger partial charge in [0, 0.05) is 10.6 Å². The van der Waals surface area contributed by atoms with Crippen molar-refractivity contribution in [2.24, 2.45) is 0 Å².